The van der Waals surface area contributed by atoms with E-state index in [1.54, 1.807) is 6.07 Å². The smallest absolute Gasteiger partial charge is 0.273 e. The van der Waals surface area contributed by atoms with Gasteiger partial charge in [-0.05, 0) is 18.9 Å². The van der Waals surface area contributed by atoms with E-state index in [2.05, 4.69) is 13.8 Å². The Morgan fingerprint density at radius 3 is 1.00 bits per heavy atom. The monoisotopic (exact) mass is 660 g/mol. The molecule has 0 saturated carbocycles. The third-order valence-corrected chi connectivity index (χ3v) is 9.65. The summed E-state index contributed by atoms with van der Waals surface area (Å²) in [5.41, 5.74) is 0.0572. The van der Waals surface area contributed by atoms with Crippen LogP contribution in [0.1, 0.15) is 219 Å². The van der Waals surface area contributed by atoms with Crippen LogP contribution in [0, 0.1) is 10.1 Å². The van der Waals surface area contributed by atoms with Crippen molar-refractivity contribution in [1.82, 2.24) is 0 Å². The van der Waals surface area contributed by atoms with Crippen molar-refractivity contribution in [2.45, 2.75) is 219 Å². The first-order chi connectivity index (χ1) is 23.2. The second-order valence-electron chi connectivity index (χ2n) is 14.2. The maximum Gasteiger partial charge on any atom is 0.273 e. The Labute approximate surface area is 291 Å². The normalized spacial score (nSPS) is 11.3. The predicted molar refractivity (Wildman–Crippen MR) is 203 cm³/mol. The zero-order valence-corrected chi connectivity index (χ0v) is 31.4. The lowest BCUT2D eigenvalue weighted by atomic mass is 10.0. The van der Waals surface area contributed by atoms with Gasteiger partial charge in [0.1, 0.15) is 0 Å². The number of benzene rings is 1. The predicted octanol–water partition coefficient (Wildman–Crippen LogP) is 14.9. The lowest BCUT2D eigenvalue weighted by Gasteiger charge is -2.13. The molecule has 0 bridgehead atoms. The molecule has 0 heterocycles. The standard InChI is InChI=1S/C42H77NO4/c1-3-5-7-9-11-13-15-17-19-21-23-25-27-29-31-33-37-46-41-36-35-40(43(44)45)39-42(41)47-38-34-32-30-28-26-24-22-20-18-16-14-12-10-8-6-4-2/h35-36,39H,3-34,37-38H2,1-2H3. The van der Waals surface area contributed by atoms with Gasteiger partial charge in [0.2, 0.25) is 0 Å². The lowest BCUT2D eigenvalue weighted by Crippen LogP contribution is -2.03. The van der Waals surface area contributed by atoms with Crippen molar-refractivity contribution in [1.29, 1.82) is 0 Å². The van der Waals surface area contributed by atoms with E-state index in [-0.39, 0.29) is 10.6 Å². The van der Waals surface area contributed by atoms with Crippen LogP contribution in [0.5, 0.6) is 11.5 Å². The van der Waals surface area contributed by atoms with Crippen LogP contribution in [0.2, 0.25) is 0 Å². The van der Waals surface area contributed by atoms with Crippen molar-refractivity contribution in [2.75, 3.05) is 13.2 Å². The minimum absolute atomic E-state index is 0.0572. The number of unbranched alkanes of at least 4 members (excludes halogenated alkanes) is 30. The molecule has 47 heavy (non-hydrogen) atoms. The molecule has 0 fully saturated rings. The zero-order valence-electron chi connectivity index (χ0n) is 31.4. The fourth-order valence-corrected chi connectivity index (χ4v) is 6.51. The third-order valence-electron chi connectivity index (χ3n) is 9.65. The highest BCUT2D eigenvalue weighted by atomic mass is 16.6. The molecule has 0 aromatic heterocycles. The number of hydrogen-bond acceptors (Lipinski definition) is 4. The van der Waals surface area contributed by atoms with Gasteiger partial charge in [0, 0.05) is 6.07 Å². The summed E-state index contributed by atoms with van der Waals surface area (Å²) in [6, 6.07) is 4.74. The van der Waals surface area contributed by atoms with Crippen molar-refractivity contribution in [2.24, 2.45) is 0 Å². The first kappa shape index (κ1) is 43.2. The van der Waals surface area contributed by atoms with Gasteiger partial charge in [-0.25, -0.2) is 0 Å². The van der Waals surface area contributed by atoms with Crippen LogP contribution in [0.25, 0.3) is 0 Å². The van der Waals surface area contributed by atoms with Crippen LogP contribution in [-0.4, -0.2) is 18.1 Å². The van der Waals surface area contributed by atoms with Crippen molar-refractivity contribution in [3.63, 3.8) is 0 Å². The fraction of sp³-hybridized carbons (Fsp3) is 0.857. The quantitative estimate of drug-likeness (QED) is 0.0405. The number of non-ortho nitro benzene ring substituents is 1. The van der Waals surface area contributed by atoms with Gasteiger partial charge in [0.15, 0.2) is 11.5 Å². The Bertz CT molecular complexity index is 814. The molecule has 0 aliphatic heterocycles. The molecular formula is C42H77NO4. The fourth-order valence-electron chi connectivity index (χ4n) is 6.51. The topological polar surface area (TPSA) is 61.6 Å². The second kappa shape index (κ2) is 34.1. The van der Waals surface area contributed by atoms with Gasteiger partial charge >= 0.3 is 0 Å². The van der Waals surface area contributed by atoms with Gasteiger partial charge in [0.05, 0.1) is 24.2 Å². The molecule has 274 valence electrons. The van der Waals surface area contributed by atoms with Crippen LogP contribution in [0.4, 0.5) is 5.69 Å². The molecule has 1 aromatic carbocycles. The van der Waals surface area contributed by atoms with Crippen LogP contribution < -0.4 is 9.47 Å². The number of nitro benzene ring substituents is 1. The summed E-state index contributed by atoms with van der Waals surface area (Å²) in [4.78, 5) is 11.0. The van der Waals surface area contributed by atoms with E-state index < -0.39 is 0 Å². The highest BCUT2D eigenvalue weighted by Gasteiger charge is 2.13. The average Bonchev–Trinajstić information content (AvgIpc) is 3.07. The second-order valence-corrected chi connectivity index (χ2v) is 14.2. The maximum absolute atomic E-state index is 11.3. The van der Waals surface area contributed by atoms with Crippen LogP contribution in [0.3, 0.4) is 0 Å². The van der Waals surface area contributed by atoms with Gasteiger partial charge in [-0.15, -0.1) is 0 Å². The Hall–Kier alpha value is -1.78. The molecule has 0 amide bonds. The Balaban J connectivity index is 2.04. The van der Waals surface area contributed by atoms with Crippen LogP contribution >= 0.6 is 0 Å². The van der Waals surface area contributed by atoms with Gasteiger partial charge < -0.3 is 9.47 Å². The summed E-state index contributed by atoms with van der Waals surface area (Å²) in [6.45, 7) is 5.78. The van der Waals surface area contributed by atoms with Gasteiger partial charge in [-0.2, -0.15) is 0 Å². The van der Waals surface area contributed by atoms with E-state index in [1.807, 2.05) is 0 Å². The summed E-state index contributed by atoms with van der Waals surface area (Å²) in [6.07, 6.45) is 42.9. The molecule has 0 aliphatic rings. The molecule has 5 nitrogen and oxygen atoms in total. The van der Waals surface area contributed by atoms with E-state index in [9.17, 15) is 10.1 Å². The van der Waals surface area contributed by atoms with E-state index in [0.717, 1.165) is 19.3 Å². The van der Waals surface area contributed by atoms with Crippen LogP contribution in [-0.2, 0) is 0 Å². The Morgan fingerprint density at radius 2 is 0.702 bits per heavy atom. The highest BCUT2D eigenvalue weighted by Crippen LogP contribution is 2.32. The van der Waals surface area contributed by atoms with E-state index in [0.29, 0.717) is 24.7 Å². The molecule has 0 unspecified atom stereocenters. The first-order valence-electron chi connectivity index (χ1n) is 20.7. The van der Waals surface area contributed by atoms with E-state index in [1.165, 1.54) is 198 Å². The van der Waals surface area contributed by atoms with E-state index >= 15 is 0 Å². The van der Waals surface area contributed by atoms with Crippen molar-refractivity contribution in [3.05, 3.63) is 28.3 Å². The zero-order chi connectivity index (χ0) is 33.9. The van der Waals surface area contributed by atoms with Gasteiger partial charge in [0.25, 0.3) is 5.69 Å². The SMILES string of the molecule is CCCCCCCCCCCCCCCCCCOc1ccc([N+](=O)[O-])cc1OCCCCCCCCCCCCCCCCCC. The number of nitrogens with zero attached hydrogens (tertiary/aromatic N) is 1. The average molecular weight is 660 g/mol. The Morgan fingerprint density at radius 1 is 0.426 bits per heavy atom. The summed E-state index contributed by atoms with van der Waals surface area (Å²) in [5.74, 6) is 1.14. The lowest BCUT2D eigenvalue weighted by molar-refractivity contribution is -0.385. The van der Waals surface area contributed by atoms with Gasteiger partial charge in [-0.1, -0.05) is 206 Å². The molecule has 0 radical (unpaired) electrons. The highest BCUT2D eigenvalue weighted by molar-refractivity contribution is 5.48. The molecule has 0 aliphatic carbocycles. The van der Waals surface area contributed by atoms with Gasteiger partial charge in [-0.3, -0.25) is 10.1 Å². The van der Waals surface area contributed by atoms with Crippen LogP contribution in [0.15, 0.2) is 18.2 Å². The van der Waals surface area contributed by atoms with E-state index in [4.69, 9.17) is 9.47 Å². The maximum atomic E-state index is 11.3. The minimum Gasteiger partial charge on any atom is -0.490 e. The minimum atomic E-state index is -0.360. The molecule has 0 atom stereocenters. The molecule has 1 aromatic rings. The molecule has 0 saturated heterocycles. The molecular weight excluding hydrogens is 582 g/mol. The van der Waals surface area contributed by atoms with Crippen molar-refractivity contribution >= 4 is 5.69 Å². The number of nitro groups is 1. The molecule has 0 spiro atoms. The largest absolute Gasteiger partial charge is 0.490 e. The molecule has 5 heteroatoms. The summed E-state index contributed by atoms with van der Waals surface area (Å²) in [7, 11) is 0. The Kier molecular flexibility index (Phi) is 31.4. The first-order valence-corrected chi connectivity index (χ1v) is 20.7. The number of ether oxygens (including phenoxy) is 2. The summed E-state index contributed by atoms with van der Waals surface area (Å²) >= 11 is 0. The molecule has 1 rings (SSSR count). The summed E-state index contributed by atoms with van der Waals surface area (Å²) < 4.78 is 12.0. The molecule has 0 N–H and O–H groups in total. The number of hydrogen-bond donors (Lipinski definition) is 0. The van der Waals surface area contributed by atoms with Crippen molar-refractivity contribution < 1.29 is 14.4 Å². The summed E-state index contributed by atoms with van der Waals surface area (Å²) in [5, 5.41) is 11.3. The van der Waals surface area contributed by atoms with Crippen molar-refractivity contribution in [3.8, 4) is 11.5 Å². The number of rotatable bonds is 37. The third kappa shape index (κ3) is 27.8.